The van der Waals surface area contributed by atoms with Crippen LogP contribution in [0.15, 0.2) is 0 Å². The minimum Gasteiger partial charge on any atom is -0.317 e. The number of halogens is 1. The molecule has 0 atom stereocenters. The lowest BCUT2D eigenvalue weighted by Crippen LogP contribution is -2.37. The van der Waals surface area contributed by atoms with Crippen molar-refractivity contribution < 1.29 is 0 Å². The molecule has 0 spiro atoms. The van der Waals surface area contributed by atoms with Gasteiger partial charge in [-0.3, -0.25) is 0 Å². The van der Waals surface area contributed by atoms with Crippen LogP contribution in [0.5, 0.6) is 0 Å². The van der Waals surface area contributed by atoms with E-state index in [1.807, 2.05) is 0 Å². The minimum atomic E-state index is 0. The number of piperidine rings is 2. The average molecular weight is 205 g/mol. The summed E-state index contributed by atoms with van der Waals surface area (Å²) in [5.74, 6) is 2.07. The topological polar surface area (TPSA) is 24.1 Å². The smallest absolute Gasteiger partial charge is 0.00462 e. The Morgan fingerprint density at radius 1 is 0.615 bits per heavy atom. The van der Waals surface area contributed by atoms with E-state index in [0.717, 1.165) is 11.8 Å². The first-order chi connectivity index (χ1) is 5.97. The fourth-order valence-corrected chi connectivity index (χ4v) is 2.63. The van der Waals surface area contributed by atoms with E-state index in [-0.39, 0.29) is 12.4 Å². The van der Waals surface area contributed by atoms with Crippen LogP contribution in [-0.2, 0) is 0 Å². The highest BCUT2D eigenvalue weighted by molar-refractivity contribution is 5.85. The Morgan fingerprint density at radius 3 is 1.23 bits per heavy atom. The van der Waals surface area contributed by atoms with E-state index in [4.69, 9.17) is 0 Å². The fourth-order valence-electron chi connectivity index (χ4n) is 2.63. The maximum Gasteiger partial charge on any atom is -0.00462 e. The number of rotatable bonds is 1. The molecule has 2 aliphatic rings. The third-order valence-electron chi connectivity index (χ3n) is 3.43. The standard InChI is InChI=1S/C10H20N2.ClH/c1-5-11-6-2-9(1)10-3-7-12-8-4-10;/h9-12H,1-8H2;1H. The monoisotopic (exact) mass is 204 g/mol. The second-order valence-electron chi connectivity index (χ2n) is 4.17. The normalized spacial score (nSPS) is 26.8. The van der Waals surface area contributed by atoms with Gasteiger partial charge in [-0.15, -0.1) is 12.4 Å². The summed E-state index contributed by atoms with van der Waals surface area (Å²) in [6.45, 7) is 5.03. The second kappa shape index (κ2) is 5.84. The highest BCUT2D eigenvalue weighted by atomic mass is 35.5. The van der Waals surface area contributed by atoms with Crippen LogP contribution in [0, 0.1) is 11.8 Å². The van der Waals surface area contributed by atoms with Crippen molar-refractivity contribution in [3.8, 4) is 0 Å². The van der Waals surface area contributed by atoms with Gasteiger partial charge in [-0.2, -0.15) is 0 Å². The summed E-state index contributed by atoms with van der Waals surface area (Å²) in [7, 11) is 0. The lowest BCUT2D eigenvalue weighted by Gasteiger charge is -2.33. The molecule has 2 heterocycles. The van der Waals surface area contributed by atoms with Crippen LogP contribution in [0.25, 0.3) is 0 Å². The van der Waals surface area contributed by atoms with Crippen LogP contribution in [0.2, 0.25) is 0 Å². The van der Waals surface area contributed by atoms with Gasteiger partial charge < -0.3 is 10.6 Å². The van der Waals surface area contributed by atoms with Crippen LogP contribution in [0.1, 0.15) is 25.7 Å². The summed E-state index contributed by atoms with van der Waals surface area (Å²) in [4.78, 5) is 0. The first kappa shape index (κ1) is 11.3. The second-order valence-corrected chi connectivity index (χ2v) is 4.17. The molecule has 0 unspecified atom stereocenters. The zero-order valence-electron chi connectivity index (χ0n) is 8.22. The first-order valence-electron chi connectivity index (χ1n) is 5.38. The molecule has 0 aliphatic carbocycles. The molecule has 0 aromatic rings. The van der Waals surface area contributed by atoms with Gasteiger partial charge in [0.25, 0.3) is 0 Å². The van der Waals surface area contributed by atoms with E-state index in [1.54, 1.807) is 0 Å². The van der Waals surface area contributed by atoms with Crippen molar-refractivity contribution in [2.45, 2.75) is 25.7 Å². The van der Waals surface area contributed by atoms with Gasteiger partial charge in [0, 0.05) is 0 Å². The largest absolute Gasteiger partial charge is 0.317 e. The van der Waals surface area contributed by atoms with Crippen molar-refractivity contribution in [2.24, 2.45) is 11.8 Å². The van der Waals surface area contributed by atoms with E-state index in [0.29, 0.717) is 0 Å². The van der Waals surface area contributed by atoms with Crippen LogP contribution >= 0.6 is 12.4 Å². The molecule has 3 heteroatoms. The maximum atomic E-state index is 3.44. The van der Waals surface area contributed by atoms with Gasteiger partial charge in [0.15, 0.2) is 0 Å². The molecule has 78 valence electrons. The SMILES string of the molecule is C1CC(C2CCNCC2)CCN1.Cl. The van der Waals surface area contributed by atoms with E-state index in [1.165, 1.54) is 51.9 Å². The molecule has 0 aromatic heterocycles. The fraction of sp³-hybridized carbons (Fsp3) is 1.00. The molecule has 2 fully saturated rings. The number of nitrogens with one attached hydrogen (secondary N) is 2. The minimum absolute atomic E-state index is 0. The van der Waals surface area contributed by atoms with Crippen molar-refractivity contribution in [1.29, 1.82) is 0 Å². The van der Waals surface area contributed by atoms with E-state index >= 15 is 0 Å². The zero-order chi connectivity index (χ0) is 8.23. The molecule has 2 N–H and O–H groups in total. The van der Waals surface area contributed by atoms with Crippen molar-refractivity contribution in [1.82, 2.24) is 10.6 Å². The molecule has 0 amide bonds. The van der Waals surface area contributed by atoms with E-state index < -0.39 is 0 Å². The number of hydrogen-bond acceptors (Lipinski definition) is 2. The maximum absolute atomic E-state index is 3.44. The Labute approximate surface area is 87.3 Å². The highest BCUT2D eigenvalue weighted by Crippen LogP contribution is 2.28. The third-order valence-corrected chi connectivity index (χ3v) is 3.43. The summed E-state index contributed by atoms with van der Waals surface area (Å²) in [5.41, 5.74) is 0. The van der Waals surface area contributed by atoms with Gasteiger partial charge >= 0.3 is 0 Å². The summed E-state index contributed by atoms with van der Waals surface area (Å²) in [6.07, 6.45) is 5.69. The Balaban J connectivity index is 0.000000845. The molecule has 2 aliphatic heterocycles. The summed E-state index contributed by atoms with van der Waals surface area (Å²) < 4.78 is 0. The van der Waals surface area contributed by atoms with Crippen molar-refractivity contribution in [3.63, 3.8) is 0 Å². The van der Waals surface area contributed by atoms with Gasteiger partial charge in [0.05, 0.1) is 0 Å². The Hall–Kier alpha value is 0.210. The summed E-state index contributed by atoms with van der Waals surface area (Å²) >= 11 is 0. The highest BCUT2D eigenvalue weighted by Gasteiger charge is 2.24. The molecule has 2 nitrogen and oxygen atoms in total. The third kappa shape index (κ3) is 3.12. The lowest BCUT2D eigenvalue weighted by atomic mass is 9.80. The predicted octanol–water partition coefficient (Wildman–Crippen LogP) is 1.41. The molecular weight excluding hydrogens is 184 g/mol. The molecule has 0 radical (unpaired) electrons. The van der Waals surface area contributed by atoms with Crippen molar-refractivity contribution in [2.75, 3.05) is 26.2 Å². The molecule has 13 heavy (non-hydrogen) atoms. The van der Waals surface area contributed by atoms with Gasteiger partial charge in [0.2, 0.25) is 0 Å². The van der Waals surface area contributed by atoms with Crippen LogP contribution < -0.4 is 10.6 Å². The Bertz CT molecular complexity index is 113. The molecule has 0 saturated carbocycles. The number of hydrogen-bond donors (Lipinski definition) is 2. The van der Waals surface area contributed by atoms with Crippen LogP contribution in [0.3, 0.4) is 0 Å². The predicted molar refractivity (Wildman–Crippen MR) is 58.4 cm³/mol. The molecule has 2 rings (SSSR count). The summed E-state index contributed by atoms with van der Waals surface area (Å²) in [5, 5.41) is 6.88. The first-order valence-corrected chi connectivity index (χ1v) is 5.38. The van der Waals surface area contributed by atoms with Gasteiger partial charge in [-0.05, 0) is 63.7 Å². The van der Waals surface area contributed by atoms with Crippen molar-refractivity contribution >= 4 is 12.4 Å². The Kier molecular flexibility index (Phi) is 5.07. The Morgan fingerprint density at radius 2 is 0.923 bits per heavy atom. The zero-order valence-corrected chi connectivity index (χ0v) is 9.04. The van der Waals surface area contributed by atoms with Gasteiger partial charge in [-0.1, -0.05) is 0 Å². The average Bonchev–Trinajstić information content (AvgIpc) is 2.21. The van der Waals surface area contributed by atoms with Gasteiger partial charge in [-0.25, -0.2) is 0 Å². The molecule has 2 saturated heterocycles. The van der Waals surface area contributed by atoms with Crippen LogP contribution in [-0.4, -0.2) is 26.2 Å². The van der Waals surface area contributed by atoms with E-state index in [9.17, 15) is 0 Å². The quantitative estimate of drug-likeness (QED) is 0.675. The molecular formula is C10H21ClN2. The van der Waals surface area contributed by atoms with Crippen molar-refractivity contribution in [3.05, 3.63) is 0 Å². The molecule has 0 bridgehead atoms. The van der Waals surface area contributed by atoms with Crippen LogP contribution in [0.4, 0.5) is 0 Å². The van der Waals surface area contributed by atoms with E-state index in [2.05, 4.69) is 10.6 Å². The molecule has 0 aromatic carbocycles. The van der Waals surface area contributed by atoms with Gasteiger partial charge in [0.1, 0.15) is 0 Å². The summed E-state index contributed by atoms with van der Waals surface area (Å²) in [6, 6.07) is 0. The lowest BCUT2D eigenvalue weighted by molar-refractivity contribution is 0.212.